The molecule has 0 unspecified atom stereocenters. The zero-order valence-electron chi connectivity index (χ0n) is 32.8. The highest BCUT2D eigenvalue weighted by atomic mass is 32.1. The van der Waals surface area contributed by atoms with Crippen molar-refractivity contribution in [2.24, 2.45) is 0 Å². The molecule has 0 saturated carbocycles. The van der Waals surface area contributed by atoms with Gasteiger partial charge in [0, 0.05) is 15.8 Å². The zero-order chi connectivity index (χ0) is 40.0. The largest absolute Gasteiger partial charge is 0.208 e. The van der Waals surface area contributed by atoms with Crippen LogP contribution in [0.3, 0.4) is 0 Å². The lowest BCUT2D eigenvalue weighted by molar-refractivity contribution is 1.08. The monoisotopic (exact) mass is 791 g/mol. The minimum Gasteiger partial charge on any atom is -0.208 e. The summed E-state index contributed by atoms with van der Waals surface area (Å²) in [5.74, 6) is 1.99. The first-order chi connectivity index (χ1) is 30.2. The topological polar surface area (TPSA) is 38.7 Å². The van der Waals surface area contributed by atoms with Gasteiger partial charge < -0.3 is 0 Å². The van der Waals surface area contributed by atoms with E-state index < -0.39 is 0 Å². The van der Waals surface area contributed by atoms with Gasteiger partial charge in [-0.2, -0.15) is 0 Å². The van der Waals surface area contributed by atoms with Crippen LogP contribution in [0.25, 0.3) is 130 Å². The molecule has 2 heterocycles. The third kappa shape index (κ3) is 5.46. The van der Waals surface area contributed by atoms with E-state index in [-0.39, 0.29) is 0 Å². The average molecular weight is 792 g/mol. The Morgan fingerprint density at radius 3 is 1.38 bits per heavy atom. The Kier molecular flexibility index (Phi) is 7.47. The van der Waals surface area contributed by atoms with Gasteiger partial charge in [0.15, 0.2) is 17.5 Å². The molecule has 0 spiro atoms. The second kappa shape index (κ2) is 13.4. The number of hydrogen-bond donors (Lipinski definition) is 0. The van der Waals surface area contributed by atoms with Crippen molar-refractivity contribution in [3.05, 3.63) is 200 Å². The molecule has 0 aliphatic rings. The second-order valence-corrected chi connectivity index (χ2v) is 17.0. The average Bonchev–Trinajstić information content (AvgIpc) is 3.77. The van der Waals surface area contributed by atoms with E-state index in [0.717, 1.165) is 27.1 Å². The molecule has 0 saturated heterocycles. The quantitative estimate of drug-likeness (QED) is 0.163. The van der Waals surface area contributed by atoms with Crippen LogP contribution in [0.15, 0.2) is 200 Å². The first-order valence-electron chi connectivity index (χ1n) is 20.7. The van der Waals surface area contributed by atoms with Crippen LogP contribution in [0.4, 0.5) is 0 Å². The van der Waals surface area contributed by atoms with E-state index in [2.05, 4.69) is 182 Å². The first-order valence-corrected chi connectivity index (χ1v) is 21.5. The van der Waals surface area contributed by atoms with E-state index in [1.807, 2.05) is 18.2 Å². The van der Waals surface area contributed by atoms with Crippen LogP contribution in [0, 0.1) is 0 Å². The molecule has 3 nitrogen and oxygen atoms in total. The van der Waals surface area contributed by atoms with Crippen LogP contribution < -0.4 is 0 Å². The molecular weight excluding hydrogens is 759 g/mol. The SMILES string of the molecule is c1ccc(-c2nc(-c3cccc(-c4cccc(-c5cc6ccc7cccc8c9cccc%10ccc%11cccc(c(c5)c6c78)c%11c%109)c4)c3)nc(-c3cc4ccccc4s3)n2)cc1. The maximum atomic E-state index is 5.12. The smallest absolute Gasteiger partial charge is 0.174 e. The lowest BCUT2D eigenvalue weighted by Crippen LogP contribution is -1.99. The summed E-state index contributed by atoms with van der Waals surface area (Å²) in [6, 6.07) is 72.6. The molecule has 13 aromatic rings. The molecule has 61 heavy (non-hydrogen) atoms. The summed E-state index contributed by atoms with van der Waals surface area (Å²) in [4.78, 5) is 16.2. The molecule has 0 aliphatic carbocycles. The number of aromatic nitrogens is 3. The molecule has 4 heteroatoms. The van der Waals surface area contributed by atoms with E-state index in [4.69, 9.17) is 15.0 Å². The number of rotatable bonds is 5. The van der Waals surface area contributed by atoms with Crippen LogP contribution in [0.2, 0.25) is 0 Å². The van der Waals surface area contributed by atoms with Gasteiger partial charge in [-0.25, -0.2) is 15.0 Å². The zero-order valence-corrected chi connectivity index (χ0v) is 33.6. The number of thiophene rings is 1. The Bertz CT molecular complexity index is 3850. The van der Waals surface area contributed by atoms with Crippen molar-refractivity contribution in [3.8, 4) is 55.7 Å². The van der Waals surface area contributed by atoms with Crippen LogP contribution in [0.5, 0.6) is 0 Å². The molecule has 13 rings (SSSR count). The summed E-state index contributed by atoms with van der Waals surface area (Å²) in [6.07, 6.45) is 0. The van der Waals surface area contributed by atoms with Gasteiger partial charge >= 0.3 is 0 Å². The standard InChI is InChI=1S/C57H33N3S/c1-2-11-37(12-3-1)55-58-56(60-57(59-55)50-33-41-13-4-5-24-49(41)61-50)43-20-7-18-39(30-43)38-17-6-19-40(29-38)44-31-42-28-27-36-15-9-22-46-45-21-8-14-34-25-26-35-16-10-23-47(53(35)51(34)45)48(32-44)54(42)52(36)46/h1-33H. The highest BCUT2D eigenvalue weighted by Gasteiger charge is 2.18. The van der Waals surface area contributed by atoms with Crippen LogP contribution in [-0.2, 0) is 0 Å². The van der Waals surface area contributed by atoms with Gasteiger partial charge in [-0.3, -0.25) is 0 Å². The lowest BCUT2D eigenvalue weighted by Gasteiger charge is -2.17. The van der Waals surface area contributed by atoms with Gasteiger partial charge in [-0.1, -0.05) is 164 Å². The minimum absolute atomic E-state index is 0.650. The normalized spacial score (nSPS) is 11.9. The Morgan fingerprint density at radius 1 is 0.262 bits per heavy atom. The molecule has 0 bridgehead atoms. The van der Waals surface area contributed by atoms with Crippen molar-refractivity contribution in [2.75, 3.05) is 0 Å². The predicted molar refractivity (Wildman–Crippen MR) is 259 cm³/mol. The fourth-order valence-electron chi connectivity index (χ4n) is 9.59. The summed E-state index contributed by atoms with van der Waals surface area (Å²) in [7, 11) is 0. The fourth-order valence-corrected chi connectivity index (χ4v) is 10.6. The summed E-state index contributed by atoms with van der Waals surface area (Å²) in [6.45, 7) is 0. The van der Waals surface area contributed by atoms with Crippen molar-refractivity contribution in [1.82, 2.24) is 15.0 Å². The number of nitrogens with zero attached hydrogens (tertiary/aromatic N) is 3. The molecule has 282 valence electrons. The van der Waals surface area contributed by atoms with E-state index in [1.165, 1.54) is 85.8 Å². The molecule has 0 amide bonds. The molecule has 0 aliphatic heterocycles. The molecule has 0 atom stereocenters. The second-order valence-electron chi connectivity index (χ2n) is 15.9. The Labute approximate surface area is 355 Å². The van der Waals surface area contributed by atoms with Crippen molar-refractivity contribution in [2.45, 2.75) is 0 Å². The van der Waals surface area contributed by atoms with Gasteiger partial charge in [0.1, 0.15) is 0 Å². The van der Waals surface area contributed by atoms with Gasteiger partial charge in [0.25, 0.3) is 0 Å². The summed E-state index contributed by atoms with van der Waals surface area (Å²) in [5.41, 5.74) is 6.49. The number of hydrogen-bond acceptors (Lipinski definition) is 4. The molecule has 11 aromatic carbocycles. The van der Waals surface area contributed by atoms with Crippen molar-refractivity contribution in [1.29, 1.82) is 0 Å². The molecular formula is C57H33N3S. The molecule has 2 aromatic heterocycles. The highest BCUT2D eigenvalue weighted by molar-refractivity contribution is 7.22. The third-order valence-corrected chi connectivity index (χ3v) is 13.5. The van der Waals surface area contributed by atoms with Crippen molar-refractivity contribution in [3.63, 3.8) is 0 Å². The fraction of sp³-hybridized carbons (Fsp3) is 0. The van der Waals surface area contributed by atoms with E-state index in [9.17, 15) is 0 Å². The van der Waals surface area contributed by atoms with Gasteiger partial charge in [-0.05, 0) is 129 Å². The first kappa shape index (κ1) is 34.1. The van der Waals surface area contributed by atoms with Crippen LogP contribution >= 0.6 is 11.3 Å². The van der Waals surface area contributed by atoms with E-state index in [0.29, 0.717) is 17.5 Å². The lowest BCUT2D eigenvalue weighted by atomic mass is 9.86. The van der Waals surface area contributed by atoms with E-state index >= 15 is 0 Å². The van der Waals surface area contributed by atoms with Crippen LogP contribution in [0.1, 0.15) is 0 Å². The van der Waals surface area contributed by atoms with Gasteiger partial charge in [0.05, 0.1) is 4.88 Å². The van der Waals surface area contributed by atoms with Gasteiger partial charge in [0.2, 0.25) is 0 Å². The minimum atomic E-state index is 0.650. The van der Waals surface area contributed by atoms with Crippen molar-refractivity contribution < 1.29 is 0 Å². The van der Waals surface area contributed by atoms with Crippen molar-refractivity contribution >= 4 is 86.1 Å². The van der Waals surface area contributed by atoms with Crippen LogP contribution in [-0.4, -0.2) is 15.0 Å². The maximum Gasteiger partial charge on any atom is 0.174 e. The van der Waals surface area contributed by atoms with E-state index in [1.54, 1.807) is 11.3 Å². The predicted octanol–water partition coefficient (Wildman–Crippen LogP) is 15.8. The Morgan fingerprint density at radius 2 is 0.721 bits per heavy atom. The summed E-state index contributed by atoms with van der Waals surface area (Å²) >= 11 is 1.71. The molecule has 0 N–H and O–H groups in total. The molecule has 0 radical (unpaired) electrons. The maximum absolute atomic E-state index is 5.12. The van der Waals surface area contributed by atoms with Gasteiger partial charge in [-0.15, -0.1) is 11.3 Å². The Balaban J connectivity index is 0.984. The number of benzene rings is 10. The Hall–Kier alpha value is -7.79. The molecule has 0 fully saturated rings. The number of fused-ring (bicyclic) bond motifs is 3. The highest BCUT2D eigenvalue weighted by Crippen LogP contribution is 2.45. The summed E-state index contributed by atoms with van der Waals surface area (Å²) < 4.78 is 1.21. The third-order valence-electron chi connectivity index (χ3n) is 12.4. The summed E-state index contributed by atoms with van der Waals surface area (Å²) in [5, 5.41) is 16.6.